The maximum Gasteiger partial charge on any atom is 0.420 e. The van der Waals surface area contributed by atoms with Gasteiger partial charge in [0.05, 0.1) is 11.4 Å². The first-order chi connectivity index (χ1) is 26.8. The first-order valence-corrected chi connectivity index (χ1v) is 18.9. The van der Waals surface area contributed by atoms with Crippen LogP contribution in [0.25, 0.3) is 11.4 Å². The molecule has 2 aliphatic heterocycles. The molecule has 0 amide bonds. The summed E-state index contributed by atoms with van der Waals surface area (Å²) in [5.74, 6) is 0. The van der Waals surface area contributed by atoms with Crippen LogP contribution in [0.15, 0.2) is 206 Å². The van der Waals surface area contributed by atoms with Crippen LogP contribution < -0.4 is 30.2 Å². The quantitative estimate of drug-likeness (QED) is 0.162. The van der Waals surface area contributed by atoms with Crippen molar-refractivity contribution < 1.29 is 0 Å². The average molecular weight is 690 g/mol. The fourth-order valence-electron chi connectivity index (χ4n) is 9.28. The van der Waals surface area contributed by atoms with Crippen molar-refractivity contribution in [3.63, 3.8) is 0 Å². The molecule has 7 aromatic rings. The highest BCUT2D eigenvalue weighted by Crippen LogP contribution is 2.48. The van der Waals surface area contributed by atoms with Crippen LogP contribution in [0.5, 0.6) is 0 Å². The summed E-state index contributed by atoms with van der Waals surface area (Å²) in [7, 11) is 0. The van der Waals surface area contributed by atoms with Crippen LogP contribution in [0, 0.1) is 0 Å². The molecular formula is C48H36B2N4. The molecule has 2 heterocycles. The third-order valence-corrected chi connectivity index (χ3v) is 11.5. The Morgan fingerprint density at radius 2 is 0.593 bits per heavy atom. The molecule has 6 heteroatoms. The number of benzene rings is 7. The van der Waals surface area contributed by atoms with Gasteiger partial charge in [0.1, 0.15) is 0 Å². The van der Waals surface area contributed by atoms with E-state index >= 15 is 0 Å². The first-order valence-electron chi connectivity index (χ1n) is 18.9. The Morgan fingerprint density at radius 3 is 0.944 bits per heavy atom. The maximum absolute atomic E-state index is 2.58. The predicted octanol–water partition coefficient (Wildman–Crippen LogP) is 8.98. The Labute approximate surface area is 317 Å². The van der Waals surface area contributed by atoms with Crippen LogP contribution >= 0.6 is 0 Å². The SMILES string of the molecule is c1ccc(N2B(c3ccc(B4N(c5ccccc5)C5=C(c6ccccc6C5)N4c4ccccc4)cc3)N(c3ccccc3)C3=C2Cc2ccccc23)cc1. The number of fused-ring (bicyclic) bond motifs is 4. The summed E-state index contributed by atoms with van der Waals surface area (Å²) < 4.78 is 0. The van der Waals surface area contributed by atoms with E-state index in [0.717, 1.165) is 12.8 Å². The van der Waals surface area contributed by atoms with Gasteiger partial charge in [-0.1, -0.05) is 146 Å². The summed E-state index contributed by atoms with van der Waals surface area (Å²) in [6.45, 7) is -0.118. The Kier molecular flexibility index (Phi) is 7.16. The van der Waals surface area contributed by atoms with Gasteiger partial charge in [-0.2, -0.15) is 0 Å². The highest BCUT2D eigenvalue weighted by atomic mass is 15.3. The van der Waals surface area contributed by atoms with E-state index in [2.05, 4.69) is 213 Å². The van der Waals surface area contributed by atoms with Crippen molar-refractivity contribution in [2.45, 2.75) is 12.8 Å². The summed E-state index contributed by atoms with van der Waals surface area (Å²) >= 11 is 0. The zero-order chi connectivity index (χ0) is 35.6. The minimum Gasteiger partial charge on any atom is -0.363 e. The van der Waals surface area contributed by atoms with Gasteiger partial charge in [0.15, 0.2) is 0 Å². The van der Waals surface area contributed by atoms with Crippen LogP contribution in [-0.4, -0.2) is 14.0 Å². The largest absolute Gasteiger partial charge is 0.420 e. The van der Waals surface area contributed by atoms with E-state index in [9.17, 15) is 0 Å². The molecule has 4 nitrogen and oxygen atoms in total. The fraction of sp³-hybridized carbons (Fsp3) is 0.0417. The van der Waals surface area contributed by atoms with E-state index in [1.807, 2.05) is 0 Å². The molecule has 0 spiro atoms. The average Bonchev–Trinajstić information content (AvgIpc) is 3.98. The van der Waals surface area contributed by atoms with E-state index in [0.29, 0.717) is 0 Å². The van der Waals surface area contributed by atoms with Crippen molar-refractivity contribution in [3.05, 3.63) is 228 Å². The first kappa shape index (κ1) is 30.9. The molecule has 0 fully saturated rings. The van der Waals surface area contributed by atoms with E-state index < -0.39 is 0 Å². The Morgan fingerprint density at radius 1 is 0.296 bits per heavy atom. The molecule has 54 heavy (non-hydrogen) atoms. The standard InChI is InChI=1S/C48H36B2N4/c1-5-19-39(20-6-1)51-45-33-35-17-13-15-27-43(35)47(45)53(41-23-9-3-10-24-41)49(51)37-29-31-38(32-30-37)50-52(40-21-7-2-8-22-40)46-34-36-18-14-16-28-44(36)48(46)54(50)42-25-11-4-12-26-42/h1-32H,33-34H2. The van der Waals surface area contributed by atoms with Gasteiger partial charge in [-0.25, -0.2) is 0 Å². The molecule has 0 N–H and O–H groups in total. The van der Waals surface area contributed by atoms with Gasteiger partial charge in [-0.3, -0.25) is 0 Å². The van der Waals surface area contributed by atoms with Crippen molar-refractivity contribution >= 4 is 59.0 Å². The number of rotatable bonds is 6. The molecule has 0 radical (unpaired) electrons. The van der Waals surface area contributed by atoms with E-state index in [4.69, 9.17) is 0 Å². The van der Waals surface area contributed by atoms with Gasteiger partial charge in [-0.15, -0.1) is 0 Å². The lowest BCUT2D eigenvalue weighted by atomic mass is 9.60. The minimum absolute atomic E-state index is 0.0590. The number of anilines is 4. The van der Waals surface area contributed by atoms with Crippen LogP contribution in [0.4, 0.5) is 22.7 Å². The Hall–Kier alpha value is -6.65. The second kappa shape index (κ2) is 12.5. The number of allylic oxidation sites excluding steroid dienone is 2. The summed E-state index contributed by atoms with van der Waals surface area (Å²) in [4.78, 5) is 10.3. The molecule has 7 aromatic carbocycles. The van der Waals surface area contributed by atoms with Gasteiger partial charge in [0.25, 0.3) is 0 Å². The second-order valence-corrected chi connectivity index (χ2v) is 14.5. The lowest BCUT2D eigenvalue weighted by Gasteiger charge is -2.35. The maximum atomic E-state index is 2.58. The zero-order valence-electron chi connectivity index (χ0n) is 29.8. The van der Waals surface area contributed by atoms with Gasteiger partial charge < -0.3 is 19.2 Å². The second-order valence-electron chi connectivity index (χ2n) is 14.5. The topological polar surface area (TPSA) is 13.0 Å². The molecular weight excluding hydrogens is 654 g/mol. The molecule has 0 atom stereocenters. The van der Waals surface area contributed by atoms with Crippen molar-refractivity contribution in [1.82, 2.24) is 0 Å². The van der Waals surface area contributed by atoms with Crippen LogP contribution in [0.1, 0.15) is 22.3 Å². The van der Waals surface area contributed by atoms with Crippen molar-refractivity contribution in [3.8, 4) is 0 Å². The van der Waals surface area contributed by atoms with Crippen LogP contribution in [0.3, 0.4) is 0 Å². The smallest absolute Gasteiger partial charge is 0.363 e. The highest BCUT2D eigenvalue weighted by molar-refractivity contribution is 6.85. The number of hydrogen-bond acceptors (Lipinski definition) is 4. The molecule has 0 aromatic heterocycles. The zero-order valence-corrected chi connectivity index (χ0v) is 29.8. The van der Waals surface area contributed by atoms with Crippen LogP contribution in [0.2, 0.25) is 0 Å². The Bertz CT molecular complexity index is 2390. The Balaban J connectivity index is 1.07. The lowest BCUT2D eigenvalue weighted by molar-refractivity contribution is 1.13. The molecule has 0 unspecified atom stereocenters. The van der Waals surface area contributed by atoms with Gasteiger partial charge in [-0.05, 0) is 70.6 Å². The third-order valence-electron chi connectivity index (χ3n) is 11.5. The molecule has 0 bridgehead atoms. The molecule has 4 aliphatic rings. The molecule has 0 saturated carbocycles. The predicted molar refractivity (Wildman–Crippen MR) is 227 cm³/mol. The van der Waals surface area contributed by atoms with Gasteiger partial charge in [0.2, 0.25) is 0 Å². The number of hydrogen-bond donors (Lipinski definition) is 0. The summed E-state index contributed by atoms with van der Waals surface area (Å²) in [6, 6.07) is 71.1. The van der Waals surface area contributed by atoms with E-state index in [1.54, 1.807) is 0 Å². The highest BCUT2D eigenvalue weighted by Gasteiger charge is 2.50. The van der Waals surface area contributed by atoms with E-state index in [-0.39, 0.29) is 14.0 Å². The summed E-state index contributed by atoms with van der Waals surface area (Å²) in [5.41, 5.74) is 18.0. The lowest BCUT2D eigenvalue weighted by Crippen LogP contribution is -2.57. The fourth-order valence-corrected chi connectivity index (χ4v) is 9.28. The molecule has 2 aliphatic carbocycles. The van der Waals surface area contributed by atoms with E-state index in [1.165, 1.54) is 78.7 Å². The van der Waals surface area contributed by atoms with Gasteiger partial charge in [0, 0.05) is 58.1 Å². The van der Waals surface area contributed by atoms with Crippen molar-refractivity contribution in [2.75, 3.05) is 19.2 Å². The van der Waals surface area contributed by atoms with Crippen molar-refractivity contribution in [1.29, 1.82) is 0 Å². The van der Waals surface area contributed by atoms with Crippen molar-refractivity contribution in [2.24, 2.45) is 0 Å². The minimum atomic E-state index is -0.0590. The number of nitrogens with zero attached hydrogens (tertiary/aromatic N) is 4. The monoisotopic (exact) mass is 690 g/mol. The normalized spacial score (nSPS) is 15.6. The van der Waals surface area contributed by atoms with Crippen LogP contribution in [-0.2, 0) is 12.8 Å². The summed E-state index contributed by atoms with van der Waals surface area (Å²) in [6.07, 6.45) is 1.80. The molecule has 254 valence electrons. The third kappa shape index (κ3) is 4.73. The number of para-hydroxylation sites is 4. The van der Waals surface area contributed by atoms with Gasteiger partial charge >= 0.3 is 14.0 Å². The summed E-state index contributed by atoms with van der Waals surface area (Å²) in [5, 5.41) is 0. The molecule has 11 rings (SSSR count). The molecule has 0 saturated heterocycles.